The second kappa shape index (κ2) is 5.39. The molecule has 2 rings (SSSR count). The number of alkyl halides is 3. The van der Waals surface area contributed by atoms with Crippen molar-refractivity contribution >= 4 is 17.1 Å². The van der Waals surface area contributed by atoms with E-state index in [0.717, 1.165) is 30.3 Å². The van der Waals surface area contributed by atoms with Gasteiger partial charge in [-0.2, -0.15) is 13.2 Å². The number of hydrogen-bond donors (Lipinski definition) is 1. The van der Waals surface area contributed by atoms with Gasteiger partial charge in [0.1, 0.15) is 5.82 Å². The Hall–Kier alpha value is -2.64. The zero-order chi connectivity index (χ0) is 15.6. The minimum atomic E-state index is -4.51. The van der Waals surface area contributed by atoms with Crippen LogP contribution in [0.2, 0.25) is 0 Å². The van der Waals surface area contributed by atoms with Gasteiger partial charge in [-0.1, -0.05) is 6.07 Å². The number of nitro groups is 1. The minimum absolute atomic E-state index is 0.0129. The molecule has 4 nitrogen and oxygen atoms in total. The molecule has 0 saturated heterocycles. The zero-order valence-corrected chi connectivity index (χ0v) is 10.3. The van der Waals surface area contributed by atoms with E-state index >= 15 is 0 Å². The summed E-state index contributed by atoms with van der Waals surface area (Å²) in [4.78, 5) is 9.81. The predicted octanol–water partition coefficient (Wildman–Crippen LogP) is 4.50. The van der Waals surface area contributed by atoms with Crippen LogP contribution in [-0.4, -0.2) is 4.92 Å². The maximum Gasteiger partial charge on any atom is 0.416 e. The third kappa shape index (κ3) is 3.68. The molecule has 0 heterocycles. The van der Waals surface area contributed by atoms with E-state index in [1.54, 1.807) is 0 Å². The van der Waals surface area contributed by atoms with E-state index in [1.165, 1.54) is 12.1 Å². The average Bonchev–Trinajstić information content (AvgIpc) is 2.37. The Morgan fingerprint density at radius 2 is 1.76 bits per heavy atom. The lowest BCUT2D eigenvalue weighted by Gasteiger charge is -2.10. The lowest BCUT2D eigenvalue weighted by atomic mass is 10.2. The van der Waals surface area contributed by atoms with E-state index in [1.807, 2.05) is 0 Å². The van der Waals surface area contributed by atoms with E-state index in [-0.39, 0.29) is 11.4 Å². The second-order valence-electron chi connectivity index (χ2n) is 4.16. The average molecular weight is 300 g/mol. The van der Waals surface area contributed by atoms with Crippen LogP contribution >= 0.6 is 0 Å². The summed E-state index contributed by atoms with van der Waals surface area (Å²) in [5.74, 6) is -0.862. The number of benzene rings is 2. The first kappa shape index (κ1) is 14.8. The van der Waals surface area contributed by atoms with E-state index in [0.29, 0.717) is 0 Å². The van der Waals surface area contributed by atoms with Crippen molar-refractivity contribution in [3.05, 3.63) is 64.0 Å². The number of halogens is 4. The van der Waals surface area contributed by atoms with Crippen molar-refractivity contribution in [1.29, 1.82) is 0 Å². The Balaban J connectivity index is 2.32. The molecule has 0 aliphatic rings. The van der Waals surface area contributed by atoms with Crippen LogP contribution < -0.4 is 5.32 Å². The topological polar surface area (TPSA) is 55.2 Å². The molecule has 0 fully saturated rings. The zero-order valence-electron chi connectivity index (χ0n) is 10.3. The molecule has 0 saturated carbocycles. The molecular weight excluding hydrogens is 292 g/mol. The van der Waals surface area contributed by atoms with Crippen LogP contribution in [0.15, 0.2) is 42.5 Å². The molecule has 0 aromatic heterocycles. The SMILES string of the molecule is O=[N+]([O-])c1cc(F)cc(Nc2cccc(C(F)(F)F)c2)c1. The molecule has 21 heavy (non-hydrogen) atoms. The van der Waals surface area contributed by atoms with Gasteiger partial charge in [0.15, 0.2) is 0 Å². The van der Waals surface area contributed by atoms with Crippen LogP contribution in [-0.2, 0) is 6.18 Å². The number of rotatable bonds is 3. The van der Waals surface area contributed by atoms with Crippen molar-refractivity contribution < 1.29 is 22.5 Å². The van der Waals surface area contributed by atoms with E-state index < -0.39 is 28.2 Å². The molecule has 0 aliphatic heterocycles. The summed E-state index contributed by atoms with van der Waals surface area (Å²) in [6.45, 7) is 0. The predicted molar refractivity (Wildman–Crippen MR) is 67.8 cm³/mol. The van der Waals surface area contributed by atoms with Crippen molar-refractivity contribution in [2.45, 2.75) is 6.18 Å². The van der Waals surface area contributed by atoms with Gasteiger partial charge in [0, 0.05) is 17.4 Å². The number of nitrogens with one attached hydrogen (secondary N) is 1. The van der Waals surface area contributed by atoms with Crippen LogP contribution in [0.25, 0.3) is 0 Å². The molecule has 2 aromatic carbocycles. The summed E-state index contributed by atoms with van der Waals surface area (Å²) >= 11 is 0. The van der Waals surface area contributed by atoms with Gasteiger partial charge in [-0.3, -0.25) is 10.1 Å². The number of nitro benzene ring substituents is 1. The Bertz CT molecular complexity index is 686. The van der Waals surface area contributed by atoms with Crippen molar-refractivity contribution in [3.63, 3.8) is 0 Å². The lowest BCUT2D eigenvalue weighted by Crippen LogP contribution is -2.05. The number of nitrogens with zero attached hydrogens (tertiary/aromatic N) is 1. The van der Waals surface area contributed by atoms with Crippen LogP contribution in [0.1, 0.15) is 5.56 Å². The van der Waals surface area contributed by atoms with Crippen molar-refractivity contribution in [2.75, 3.05) is 5.32 Å². The summed E-state index contributed by atoms with van der Waals surface area (Å²) < 4.78 is 50.9. The minimum Gasteiger partial charge on any atom is -0.355 e. The van der Waals surface area contributed by atoms with Gasteiger partial charge >= 0.3 is 6.18 Å². The van der Waals surface area contributed by atoms with Gasteiger partial charge < -0.3 is 5.32 Å². The molecule has 0 amide bonds. The maximum atomic E-state index is 13.2. The molecule has 0 bridgehead atoms. The Kier molecular flexibility index (Phi) is 3.79. The molecule has 2 aromatic rings. The molecule has 0 radical (unpaired) electrons. The largest absolute Gasteiger partial charge is 0.416 e. The Labute approximate surface area is 116 Å². The molecule has 1 N–H and O–H groups in total. The summed E-state index contributed by atoms with van der Waals surface area (Å²) in [5, 5.41) is 13.1. The monoisotopic (exact) mass is 300 g/mol. The number of non-ortho nitro benzene ring substituents is 1. The second-order valence-corrected chi connectivity index (χ2v) is 4.16. The molecule has 0 unspecified atom stereocenters. The smallest absolute Gasteiger partial charge is 0.355 e. The summed E-state index contributed by atoms with van der Waals surface area (Å²) in [6, 6.07) is 6.94. The number of anilines is 2. The highest BCUT2D eigenvalue weighted by molar-refractivity contribution is 5.63. The van der Waals surface area contributed by atoms with Gasteiger partial charge in [0.25, 0.3) is 5.69 Å². The van der Waals surface area contributed by atoms with Gasteiger partial charge in [-0.25, -0.2) is 4.39 Å². The molecule has 0 aliphatic carbocycles. The first-order valence-electron chi connectivity index (χ1n) is 5.65. The van der Waals surface area contributed by atoms with E-state index in [4.69, 9.17) is 0 Å². The highest BCUT2D eigenvalue weighted by atomic mass is 19.4. The van der Waals surface area contributed by atoms with Crippen LogP contribution in [0.5, 0.6) is 0 Å². The fourth-order valence-electron chi connectivity index (χ4n) is 1.69. The van der Waals surface area contributed by atoms with Gasteiger partial charge in [-0.05, 0) is 24.3 Å². The standard InChI is InChI=1S/C13H8F4N2O2/c14-9-5-11(7-12(6-9)19(20)21)18-10-3-1-2-8(4-10)13(15,16)17/h1-7,18H. The van der Waals surface area contributed by atoms with Crippen LogP contribution in [0.4, 0.5) is 34.6 Å². The maximum absolute atomic E-state index is 13.2. The summed E-state index contributed by atoms with van der Waals surface area (Å²) in [7, 11) is 0. The third-order valence-electron chi connectivity index (χ3n) is 2.57. The van der Waals surface area contributed by atoms with Gasteiger partial charge in [-0.15, -0.1) is 0 Å². The summed E-state index contributed by atoms with van der Waals surface area (Å²) in [6.07, 6.45) is -4.51. The molecule has 8 heteroatoms. The van der Waals surface area contributed by atoms with Crippen molar-refractivity contribution in [2.24, 2.45) is 0 Å². The van der Waals surface area contributed by atoms with Gasteiger partial charge in [0.2, 0.25) is 0 Å². The fraction of sp³-hybridized carbons (Fsp3) is 0.0769. The molecule has 110 valence electrons. The van der Waals surface area contributed by atoms with Crippen LogP contribution in [0.3, 0.4) is 0 Å². The number of hydrogen-bond acceptors (Lipinski definition) is 3. The Morgan fingerprint density at radius 1 is 1.05 bits per heavy atom. The highest BCUT2D eigenvalue weighted by Gasteiger charge is 2.30. The molecule has 0 atom stereocenters. The van der Waals surface area contributed by atoms with Crippen LogP contribution in [0, 0.1) is 15.9 Å². The van der Waals surface area contributed by atoms with Crippen molar-refractivity contribution in [3.8, 4) is 0 Å². The highest BCUT2D eigenvalue weighted by Crippen LogP contribution is 2.32. The van der Waals surface area contributed by atoms with Crippen molar-refractivity contribution in [1.82, 2.24) is 0 Å². The first-order valence-corrected chi connectivity index (χ1v) is 5.65. The quantitative estimate of drug-likeness (QED) is 0.516. The molecular formula is C13H8F4N2O2. The van der Waals surface area contributed by atoms with Gasteiger partial charge in [0.05, 0.1) is 16.6 Å². The normalized spacial score (nSPS) is 11.2. The first-order chi connectivity index (χ1) is 9.75. The Morgan fingerprint density at radius 3 is 2.38 bits per heavy atom. The lowest BCUT2D eigenvalue weighted by molar-refractivity contribution is -0.385. The summed E-state index contributed by atoms with van der Waals surface area (Å²) in [5.41, 5.74) is -1.34. The molecule has 0 spiro atoms. The fourth-order valence-corrected chi connectivity index (χ4v) is 1.69. The van der Waals surface area contributed by atoms with E-state index in [2.05, 4.69) is 5.32 Å². The third-order valence-corrected chi connectivity index (χ3v) is 2.57. The van der Waals surface area contributed by atoms with E-state index in [9.17, 15) is 27.7 Å².